The number of aryl methyl sites for hydroxylation is 3. The average molecular weight is 495 g/mol. The van der Waals surface area contributed by atoms with E-state index in [1.54, 1.807) is 17.0 Å². The second-order valence-corrected chi connectivity index (χ2v) is 9.53. The van der Waals surface area contributed by atoms with Gasteiger partial charge in [-0.2, -0.15) is 0 Å². The van der Waals surface area contributed by atoms with E-state index in [0.717, 1.165) is 16.0 Å². The summed E-state index contributed by atoms with van der Waals surface area (Å²) in [4.78, 5) is 38.1. The number of alkyl halides is 3. The van der Waals surface area contributed by atoms with Crippen LogP contribution in [0.1, 0.15) is 28.2 Å². The van der Waals surface area contributed by atoms with Crippen molar-refractivity contribution in [2.45, 2.75) is 39.6 Å². The Morgan fingerprint density at radius 1 is 1.15 bits per heavy atom. The summed E-state index contributed by atoms with van der Waals surface area (Å²) >= 11 is 1.48. The number of hydrogen-bond acceptors (Lipinski definition) is 6. The molecule has 0 saturated carbocycles. The molecule has 1 aliphatic heterocycles. The van der Waals surface area contributed by atoms with E-state index in [-0.39, 0.29) is 23.6 Å². The molecular weight excluding hydrogens is 469 g/mol. The molecule has 2 aromatic heterocycles. The summed E-state index contributed by atoms with van der Waals surface area (Å²) in [6.07, 6.45) is -4.07. The van der Waals surface area contributed by atoms with Gasteiger partial charge in [0.25, 0.3) is 5.56 Å². The second-order valence-electron chi connectivity index (χ2n) is 8.32. The van der Waals surface area contributed by atoms with Crippen LogP contribution in [0.2, 0.25) is 0 Å². The van der Waals surface area contributed by atoms with Gasteiger partial charge in [0.15, 0.2) is 0 Å². The first kappa shape index (κ1) is 24.2. The summed E-state index contributed by atoms with van der Waals surface area (Å²) in [6, 6.07) is 5.83. The van der Waals surface area contributed by atoms with E-state index in [4.69, 9.17) is 0 Å². The van der Waals surface area contributed by atoms with E-state index in [1.165, 1.54) is 23.5 Å². The van der Waals surface area contributed by atoms with Crippen LogP contribution in [0, 0.1) is 13.8 Å². The Hall–Kier alpha value is -2.92. The minimum atomic E-state index is -4.70. The van der Waals surface area contributed by atoms with Gasteiger partial charge in [-0.05, 0) is 37.1 Å². The SMILES string of the molecule is Cc1sc2nc(CCC(=O)N3CCN(Cc4ccc(OC(F)(F)F)cc4)CC3)[nH]c(=O)c2c1C. The minimum absolute atomic E-state index is 0.00888. The number of nitrogens with zero attached hydrogens (tertiary/aromatic N) is 3. The van der Waals surface area contributed by atoms with Gasteiger partial charge in [-0.3, -0.25) is 14.5 Å². The molecule has 0 bridgehead atoms. The van der Waals surface area contributed by atoms with Gasteiger partial charge in [0.1, 0.15) is 16.4 Å². The Kier molecular flexibility index (Phi) is 6.94. The number of aromatic amines is 1. The summed E-state index contributed by atoms with van der Waals surface area (Å²) in [6.45, 7) is 6.93. The fourth-order valence-corrected chi connectivity index (χ4v) is 5.06. The van der Waals surface area contributed by atoms with Crippen molar-refractivity contribution in [3.8, 4) is 5.75 Å². The minimum Gasteiger partial charge on any atom is -0.406 e. The number of hydrogen-bond donors (Lipinski definition) is 1. The first-order chi connectivity index (χ1) is 16.1. The summed E-state index contributed by atoms with van der Waals surface area (Å²) in [7, 11) is 0. The first-order valence-electron chi connectivity index (χ1n) is 10.9. The van der Waals surface area contributed by atoms with Crippen LogP contribution in [-0.4, -0.2) is 58.2 Å². The summed E-state index contributed by atoms with van der Waals surface area (Å²) in [5.74, 6) is 0.282. The monoisotopic (exact) mass is 494 g/mol. The zero-order valence-corrected chi connectivity index (χ0v) is 19.7. The predicted molar refractivity (Wildman–Crippen MR) is 123 cm³/mol. The standard InChI is InChI=1S/C23H25F3N4O3S/c1-14-15(2)34-22-20(14)21(32)27-18(28-22)7-8-19(31)30-11-9-29(10-12-30)13-16-3-5-17(6-4-16)33-23(24,25)26/h3-6H,7-13H2,1-2H3,(H,27,28,32). The number of H-pyrrole nitrogens is 1. The van der Waals surface area contributed by atoms with Crippen molar-refractivity contribution in [1.82, 2.24) is 19.8 Å². The number of fused-ring (bicyclic) bond motifs is 1. The molecule has 0 aliphatic carbocycles. The van der Waals surface area contributed by atoms with Crippen LogP contribution in [0.15, 0.2) is 29.1 Å². The molecule has 0 atom stereocenters. The maximum absolute atomic E-state index is 12.7. The predicted octanol–water partition coefficient (Wildman–Crippen LogP) is 3.78. The van der Waals surface area contributed by atoms with E-state index < -0.39 is 6.36 Å². The molecule has 1 aliphatic rings. The molecule has 1 N–H and O–H groups in total. The van der Waals surface area contributed by atoms with Gasteiger partial charge in [-0.1, -0.05) is 12.1 Å². The molecule has 1 saturated heterocycles. The topological polar surface area (TPSA) is 78.5 Å². The Labute approximate surface area is 198 Å². The molecule has 1 aromatic carbocycles. The van der Waals surface area contributed by atoms with Crippen molar-refractivity contribution in [2.75, 3.05) is 26.2 Å². The quantitative estimate of drug-likeness (QED) is 0.565. The summed E-state index contributed by atoms with van der Waals surface area (Å²) in [5, 5.41) is 0.621. The molecular formula is C23H25F3N4O3S. The van der Waals surface area contributed by atoms with Crippen LogP contribution in [0.25, 0.3) is 10.2 Å². The highest BCUT2D eigenvalue weighted by Crippen LogP contribution is 2.26. The Morgan fingerprint density at radius 3 is 2.47 bits per heavy atom. The summed E-state index contributed by atoms with van der Waals surface area (Å²) < 4.78 is 40.7. The molecule has 4 rings (SSSR count). The Morgan fingerprint density at radius 2 is 1.82 bits per heavy atom. The van der Waals surface area contributed by atoms with E-state index in [9.17, 15) is 22.8 Å². The summed E-state index contributed by atoms with van der Waals surface area (Å²) in [5.41, 5.74) is 1.65. The van der Waals surface area contributed by atoms with Gasteiger partial charge in [0, 0.05) is 50.4 Å². The largest absolute Gasteiger partial charge is 0.573 e. The third-order valence-electron chi connectivity index (χ3n) is 5.95. The van der Waals surface area contributed by atoms with E-state index in [0.29, 0.717) is 55.2 Å². The number of nitrogens with one attached hydrogen (secondary N) is 1. The van der Waals surface area contributed by atoms with Gasteiger partial charge in [-0.15, -0.1) is 24.5 Å². The molecule has 1 fully saturated rings. The molecule has 1 amide bonds. The number of amides is 1. The zero-order chi connectivity index (χ0) is 24.5. The molecule has 0 radical (unpaired) electrons. The number of carbonyl (C=O) groups is 1. The van der Waals surface area contributed by atoms with Gasteiger partial charge in [0.05, 0.1) is 5.39 Å². The number of thiophene rings is 1. The fraction of sp³-hybridized carbons (Fsp3) is 0.435. The van der Waals surface area contributed by atoms with Crippen LogP contribution in [-0.2, 0) is 17.8 Å². The number of aromatic nitrogens is 2. The van der Waals surface area contributed by atoms with Crippen molar-refractivity contribution in [3.05, 3.63) is 56.4 Å². The molecule has 0 unspecified atom stereocenters. The zero-order valence-electron chi connectivity index (χ0n) is 18.9. The molecule has 3 heterocycles. The highest BCUT2D eigenvalue weighted by molar-refractivity contribution is 7.18. The number of ether oxygens (including phenoxy) is 1. The molecule has 7 nitrogen and oxygen atoms in total. The van der Waals surface area contributed by atoms with Crippen LogP contribution in [0.4, 0.5) is 13.2 Å². The molecule has 3 aromatic rings. The van der Waals surface area contributed by atoms with Crippen molar-refractivity contribution in [3.63, 3.8) is 0 Å². The average Bonchev–Trinajstić information content (AvgIpc) is 3.06. The highest BCUT2D eigenvalue weighted by atomic mass is 32.1. The van der Waals surface area contributed by atoms with Crippen LogP contribution >= 0.6 is 11.3 Å². The maximum Gasteiger partial charge on any atom is 0.573 e. The lowest BCUT2D eigenvalue weighted by molar-refractivity contribution is -0.274. The number of carbonyl (C=O) groups excluding carboxylic acids is 1. The number of rotatable bonds is 6. The van der Waals surface area contributed by atoms with Gasteiger partial charge >= 0.3 is 6.36 Å². The normalized spacial score (nSPS) is 15.1. The molecule has 0 spiro atoms. The van der Waals surface area contributed by atoms with Crippen LogP contribution < -0.4 is 10.3 Å². The maximum atomic E-state index is 12.7. The third kappa shape index (κ3) is 5.76. The lowest BCUT2D eigenvalue weighted by Crippen LogP contribution is -2.48. The highest BCUT2D eigenvalue weighted by Gasteiger charge is 2.31. The Bertz CT molecular complexity index is 1230. The second kappa shape index (κ2) is 9.75. The lowest BCUT2D eigenvalue weighted by atomic mass is 10.1. The van der Waals surface area contributed by atoms with Crippen molar-refractivity contribution < 1.29 is 22.7 Å². The van der Waals surface area contributed by atoms with Gasteiger partial charge in [0.2, 0.25) is 5.91 Å². The first-order valence-corrected chi connectivity index (χ1v) is 11.7. The van der Waals surface area contributed by atoms with E-state index >= 15 is 0 Å². The van der Waals surface area contributed by atoms with Crippen molar-refractivity contribution in [1.29, 1.82) is 0 Å². The number of piperazine rings is 1. The Balaban J connectivity index is 1.26. The third-order valence-corrected chi connectivity index (χ3v) is 7.05. The van der Waals surface area contributed by atoms with Crippen LogP contribution in [0.3, 0.4) is 0 Å². The molecule has 11 heteroatoms. The fourth-order valence-electron chi connectivity index (χ4n) is 4.01. The molecule has 34 heavy (non-hydrogen) atoms. The van der Waals surface area contributed by atoms with Gasteiger partial charge < -0.3 is 14.6 Å². The van der Waals surface area contributed by atoms with E-state index in [2.05, 4.69) is 19.6 Å². The van der Waals surface area contributed by atoms with Crippen molar-refractivity contribution in [2.24, 2.45) is 0 Å². The van der Waals surface area contributed by atoms with Crippen LogP contribution in [0.5, 0.6) is 5.75 Å². The van der Waals surface area contributed by atoms with Crippen molar-refractivity contribution >= 4 is 27.5 Å². The smallest absolute Gasteiger partial charge is 0.406 e. The van der Waals surface area contributed by atoms with Gasteiger partial charge in [-0.25, -0.2) is 4.98 Å². The van der Waals surface area contributed by atoms with E-state index in [1.807, 2.05) is 13.8 Å². The molecule has 182 valence electrons. The lowest BCUT2D eigenvalue weighted by Gasteiger charge is -2.34. The number of halogens is 3. The number of benzene rings is 1.